The van der Waals surface area contributed by atoms with Crippen molar-refractivity contribution in [3.8, 4) is 17.1 Å². The Morgan fingerprint density at radius 2 is 2.00 bits per heavy atom. The fraction of sp³-hybridized carbons (Fsp3) is 0.545. The first-order chi connectivity index (χ1) is 15.2. The fourth-order valence-corrected chi connectivity index (χ4v) is 3.77. The summed E-state index contributed by atoms with van der Waals surface area (Å²) in [5.41, 5.74) is 2.41. The van der Waals surface area contributed by atoms with Crippen LogP contribution in [-0.2, 0) is 20.0 Å². The second-order valence-electron chi connectivity index (χ2n) is 7.95. The third-order valence-electron chi connectivity index (χ3n) is 5.57. The van der Waals surface area contributed by atoms with Crippen molar-refractivity contribution in [2.45, 2.75) is 70.9 Å². The fourth-order valence-electron chi connectivity index (χ4n) is 3.77. The van der Waals surface area contributed by atoms with E-state index in [4.69, 9.17) is 4.74 Å². The zero-order valence-corrected chi connectivity index (χ0v) is 18.3. The molecule has 0 spiro atoms. The molecule has 0 aromatic carbocycles. The number of nitrogens with one attached hydrogen (secondary N) is 1. The smallest absolute Gasteiger partial charge is 0.226 e. The van der Waals surface area contributed by atoms with Gasteiger partial charge in [0.05, 0.1) is 30.2 Å². The number of rotatable bonds is 9. The minimum absolute atomic E-state index is 0.306. The summed E-state index contributed by atoms with van der Waals surface area (Å²) in [6.07, 6.45) is 12.7. The Morgan fingerprint density at radius 3 is 2.77 bits per heavy atom. The lowest BCUT2D eigenvalue weighted by Crippen LogP contribution is -2.19. The molecular weight excluding hydrogens is 392 g/mol. The summed E-state index contributed by atoms with van der Waals surface area (Å²) in [6.45, 7) is 2.64. The predicted octanol–water partition coefficient (Wildman–Crippen LogP) is 3.73. The molecule has 0 amide bonds. The van der Waals surface area contributed by atoms with Gasteiger partial charge < -0.3 is 10.1 Å². The normalized spacial score (nSPS) is 14.5. The maximum Gasteiger partial charge on any atom is 0.226 e. The van der Waals surface area contributed by atoms with Gasteiger partial charge in [0, 0.05) is 13.5 Å². The molecule has 0 unspecified atom stereocenters. The lowest BCUT2D eigenvalue weighted by atomic mass is 9.98. The van der Waals surface area contributed by atoms with Gasteiger partial charge in [-0.2, -0.15) is 4.98 Å². The van der Waals surface area contributed by atoms with Gasteiger partial charge in [-0.25, -0.2) is 14.6 Å². The SMILES string of the molecule is CCCCc1ncnc(NCc2c(-c3ccc(OC4CCCCC4)cn3)nnn2C)n1. The number of anilines is 1. The molecule has 3 aromatic rings. The van der Waals surface area contributed by atoms with Crippen molar-refractivity contribution in [2.24, 2.45) is 7.05 Å². The maximum absolute atomic E-state index is 6.09. The second-order valence-corrected chi connectivity index (χ2v) is 7.95. The number of unbranched alkanes of at least 4 members (excludes halogenated alkanes) is 1. The zero-order valence-electron chi connectivity index (χ0n) is 18.3. The molecule has 3 heterocycles. The Labute approximate surface area is 182 Å². The lowest BCUT2D eigenvalue weighted by Gasteiger charge is -2.22. The lowest BCUT2D eigenvalue weighted by molar-refractivity contribution is 0.154. The summed E-state index contributed by atoms with van der Waals surface area (Å²) >= 11 is 0. The molecule has 0 bridgehead atoms. The van der Waals surface area contributed by atoms with Crippen LogP contribution in [0.2, 0.25) is 0 Å². The van der Waals surface area contributed by atoms with Gasteiger partial charge in [-0.05, 0) is 44.2 Å². The van der Waals surface area contributed by atoms with Gasteiger partial charge in [0.15, 0.2) is 0 Å². The quantitative estimate of drug-likeness (QED) is 0.556. The molecule has 0 atom stereocenters. The average Bonchev–Trinajstić information content (AvgIpc) is 3.18. The van der Waals surface area contributed by atoms with E-state index in [1.165, 1.54) is 19.3 Å². The number of hydrogen-bond acceptors (Lipinski definition) is 8. The van der Waals surface area contributed by atoms with Crippen molar-refractivity contribution in [3.63, 3.8) is 0 Å². The van der Waals surface area contributed by atoms with Crippen LogP contribution in [0.15, 0.2) is 24.7 Å². The molecule has 9 heteroatoms. The number of pyridine rings is 1. The largest absolute Gasteiger partial charge is 0.489 e. The number of hydrogen-bond donors (Lipinski definition) is 1. The third-order valence-corrected chi connectivity index (χ3v) is 5.57. The topological polar surface area (TPSA) is 104 Å². The zero-order chi connectivity index (χ0) is 21.5. The van der Waals surface area contributed by atoms with Crippen LogP contribution in [-0.4, -0.2) is 41.0 Å². The first-order valence-electron chi connectivity index (χ1n) is 11.2. The van der Waals surface area contributed by atoms with Gasteiger partial charge in [0.1, 0.15) is 23.6 Å². The molecule has 4 rings (SSSR count). The Hall–Kier alpha value is -3.10. The van der Waals surface area contributed by atoms with Crippen LogP contribution in [0.4, 0.5) is 5.95 Å². The van der Waals surface area contributed by atoms with Gasteiger partial charge in [-0.15, -0.1) is 5.10 Å². The summed E-state index contributed by atoms with van der Waals surface area (Å²) in [5, 5.41) is 11.8. The van der Waals surface area contributed by atoms with Gasteiger partial charge in [-0.1, -0.05) is 25.0 Å². The van der Waals surface area contributed by atoms with Gasteiger partial charge >= 0.3 is 0 Å². The second kappa shape index (κ2) is 10.3. The number of nitrogens with zero attached hydrogens (tertiary/aromatic N) is 7. The molecule has 0 saturated heterocycles. The van der Waals surface area contributed by atoms with E-state index in [1.807, 2.05) is 19.2 Å². The molecule has 3 aromatic heterocycles. The van der Waals surface area contributed by atoms with E-state index in [0.717, 1.165) is 60.8 Å². The number of aryl methyl sites for hydroxylation is 2. The van der Waals surface area contributed by atoms with E-state index in [-0.39, 0.29) is 0 Å². The molecule has 0 aliphatic heterocycles. The van der Waals surface area contributed by atoms with Crippen molar-refractivity contribution < 1.29 is 4.74 Å². The first kappa shape index (κ1) is 21.1. The average molecular weight is 423 g/mol. The van der Waals surface area contributed by atoms with Crippen LogP contribution in [0.25, 0.3) is 11.4 Å². The predicted molar refractivity (Wildman–Crippen MR) is 118 cm³/mol. The van der Waals surface area contributed by atoms with Crippen LogP contribution in [0, 0.1) is 0 Å². The monoisotopic (exact) mass is 422 g/mol. The van der Waals surface area contributed by atoms with Crippen molar-refractivity contribution in [3.05, 3.63) is 36.2 Å². The van der Waals surface area contributed by atoms with E-state index in [2.05, 4.69) is 42.5 Å². The van der Waals surface area contributed by atoms with Gasteiger partial charge in [-0.3, -0.25) is 4.98 Å². The van der Waals surface area contributed by atoms with E-state index < -0.39 is 0 Å². The molecule has 0 radical (unpaired) electrons. The number of aromatic nitrogens is 7. The summed E-state index contributed by atoms with van der Waals surface area (Å²) in [4.78, 5) is 17.5. The molecule has 9 nitrogen and oxygen atoms in total. The highest BCUT2D eigenvalue weighted by molar-refractivity contribution is 5.57. The van der Waals surface area contributed by atoms with Crippen LogP contribution in [0.5, 0.6) is 5.75 Å². The Morgan fingerprint density at radius 1 is 1.13 bits per heavy atom. The molecule has 1 aliphatic carbocycles. The maximum atomic E-state index is 6.09. The van der Waals surface area contributed by atoms with Crippen LogP contribution in [0.3, 0.4) is 0 Å². The Balaban J connectivity index is 1.42. The van der Waals surface area contributed by atoms with Crippen LogP contribution < -0.4 is 10.1 Å². The standard InChI is InChI=1S/C22H30N8O/c1-3-4-10-20-25-15-26-22(27-20)24-14-19-21(28-29-30(19)2)18-12-11-17(13-23-18)31-16-8-6-5-7-9-16/h11-13,15-16H,3-10,14H2,1-2H3,(H,24,25,26,27). The molecule has 164 valence electrons. The summed E-state index contributed by atoms with van der Waals surface area (Å²) in [6, 6.07) is 3.91. The molecule has 1 N–H and O–H groups in total. The van der Waals surface area contributed by atoms with Crippen LogP contribution >= 0.6 is 0 Å². The first-order valence-corrected chi connectivity index (χ1v) is 11.2. The van der Waals surface area contributed by atoms with E-state index in [9.17, 15) is 0 Å². The van der Waals surface area contributed by atoms with Crippen molar-refractivity contribution in [2.75, 3.05) is 5.32 Å². The Bertz CT molecular complexity index is 966. The van der Waals surface area contributed by atoms with E-state index in [0.29, 0.717) is 18.6 Å². The summed E-state index contributed by atoms with van der Waals surface area (Å²) < 4.78 is 7.83. The highest BCUT2D eigenvalue weighted by Crippen LogP contribution is 2.25. The summed E-state index contributed by atoms with van der Waals surface area (Å²) in [7, 11) is 1.87. The Kier molecular flexibility index (Phi) is 7.01. The molecule has 1 aliphatic rings. The summed E-state index contributed by atoms with van der Waals surface area (Å²) in [5.74, 6) is 2.17. The molecular formula is C22H30N8O. The van der Waals surface area contributed by atoms with E-state index in [1.54, 1.807) is 17.2 Å². The van der Waals surface area contributed by atoms with Crippen LogP contribution in [0.1, 0.15) is 63.4 Å². The van der Waals surface area contributed by atoms with Gasteiger partial charge in [0.25, 0.3) is 0 Å². The molecule has 1 saturated carbocycles. The van der Waals surface area contributed by atoms with Gasteiger partial charge in [0.2, 0.25) is 5.95 Å². The minimum atomic E-state index is 0.306. The highest BCUT2D eigenvalue weighted by Gasteiger charge is 2.17. The van der Waals surface area contributed by atoms with E-state index >= 15 is 0 Å². The third kappa shape index (κ3) is 5.53. The minimum Gasteiger partial charge on any atom is -0.489 e. The highest BCUT2D eigenvalue weighted by atomic mass is 16.5. The number of ether oxygens (including phenoxy) is 1. The molecule has 31 heavy (non-hydrogen) atoms. The molecule has 1 fully saturated rings. The van der Waals surface area contributed by atoms with Crippen molar-refractivity contribution in [1.29, 1.82) is 0 Å². The van der Waals surface area contributed by atoms with Crippen molar-refractivity contribution in [1.82, 2.24) is 34.9 Å². The van der Waals surface area contributed by atoms with Crippen molar-refractivity contribution >= 4 is 5.95 Å².